The maximum absolute atomic E-state index is 13.4. The minimum absolute atomic E-state index is 0.147. The van der Waals surface area contributed by atoms with Crippen LogP contribution in [0.1, 0.15) is 76.2 Å². The largest absolute Gasteiger partial charge is 0.459 e. The van der Waals surface area contributed by atoms with Gasteiger partial charge in [0.1, 0.15) is 12.4 Å². The summed E-state index contributed by atoms with van der Waals surface area (Å²) in [4.78, 5) is 32.2. The summed E-state index contributed by atoms with van der Waals surface area (Å²) in [5.41, 5.74) is 1.93. The summed E-state index contributed by atoms with van der Waals surface area (Å²) in [5, 5.41) is 2.88. The Morgan fingerprint density at radius 2 is 1.76 bits per heavy atom. The van der Waals surface area contributed by atoms with Crippen molar-refractivity contribution in [2.24, 2.45) is 0 Å². The second-order valence-corrected chi connectivity index (χ2v) is 8.96. The molecule has 7 heteroatoms. The third-order valence-corrected chi connectivity index (χ3v) is 6.55. The predicted molar refractivity (Wildman–Crippen MR) is 135 cm³/mol. The lowest BCUT2D eigenvalue weighted by Crippen LogP contribution is -2.45. The van der Waals surface area contributed by atoms with E-state index < -0.39 is 0 Å². The van der Waals surface area contributed by atoms with E-state index in [1.807, 2.05) is 29.2 Å². The Hall–Kier alpha value is -3.09. The van der Waals surface area contributed by atoms with E-state index in [1.165, 1.54) is 6.26 Å². The van der Waals surface area contributed by atoms with E-state index in [-0.39, 0.29) is 23.9 Å². The summed E-state index contributed by atoms with van der Waals surface area (Å²) < 4.78 is 7.20. The first-order valence-corrected chi connectivity index (χ1v) is 12.5. The number of aryl methyl sites for hydroxylation is 1. The maximum Gasteiger partial charge on any atom is 0.286 e. The Bertz CT molecular complexity index is 1050. The highest BCUT2D eigenvalue weighted by molar-refractivity contribution is 5.91. The summed E-state index contributed by atoms with van der Waals surface area (Å²) >= 11 is 0. The second kappa shape index (κ2) is 12.4. The molecule has 1 N–H and O–H groups in total. The number of hydrogen-bond acceptors (Lipinski definition) is 4. The van der Waals surface area contributed by atoms with Crippen molar-refractivity contribution < 1.29 is 14.0 Å². The lowest BCUT2D eigenvalue weighted by Gasteiger charge is -2.34. The standard InChI is InChI=1S/C27H38N4O3/c1-5-20(3)31(21(4)6-2)26(32)19-30-23-14-10-9-13-22(23)29-25(30)16-8-7-11-17-28-27(33)24-15-12-18-34-24/h9-10,12-15,18,20-21H,5-8,11,16-17,19H2,1-4H3,(H,28,33). The Morgan fingerprint density at radius 3 is 2.44 bits per heavy atom. The van der Waals surface area contributed by atoms with Crippen molar-refractivity contribution >= 4 is 22.8 Å². The third kappa shape index (κ3) is 6.27. The van der Waals surface area contributed by atoms with Crippen LogP contribution in [-0.2, 0) is 17.8 Å². The lowest BCUT2D eigenvalue weighted by molar-refractivity contribution is -0.136. The zero-order chi connectivity index (χ0) is 24.5. The number of carbonyl (C=O) groups excluding carboxylic acids is 2. The number of furan rings is 1. The van der Waals surface area contributed by atoms with Crippen LogP contribution in [0.25, 0.3) is 11.0 Å². The molecule has 2 heterocycles. The number of amides is 2. The molecule has 184 valence electrons. The van der Waals surface area contributed by atoms with Crippen LogP contribution in [0.15, 0.2) is 47.1 Å². The first-order valence-electron chi connectivity index (χ1n) is 12.5. The van der Waals surface area contributed by atoms with Crippen molar-refractivity contribution in [2.75, 3.05) is 6.54 Å². The van der Waals surface area contributed by atoms with Gasteiger partial charge in [0.05, 0.1) is 17.3 Å². The number of aromatic nitrogens is 2. The predicted octanol–water partition coefficient (Wildman–Crippen LogP) is 5.20. The molecule has 0 saturated carbocycles. The molecule has 1 aromatic carbocycles. The molecule has 0 bridgehead atoms. The highest BCUT2D eigenvalue weighted by Crippen LogP contribution is 2.20. The molecule has 0 saturated heterocycles. The quantitative estimate of drug-likeness (QED) is 0.351. The highest BCUT2D eigenvalue weighted by Gasteiger charge is 2.25. The molecular weight excluding hydrogens is 428 g/mol. The van der Waals surface area contributed by atoms with Gasteiger partial charge in [0.15, 0.2) is 5.76 Å². The monoisotopic (exact) mass is 466 g/mol. The SMILES string of the molecule is CCC(C)N(C(=O)Cn1c(CCCCCNC(=O)c2ccco2)nc2ccccc21)C(C)CC. The summed E-state index contributed by atoms with van der Waals surface area (Å²) in [6.45, 7) is 9.42. The molecule has 2 unspecified atom stereocenters. The van der Waals surface area contributed by atoms with Gasteiger partial charge in [-0.3, -0.25) is 9.59 Å². The lowest BCUT2D eigenvalue weighted by atomic mass is 10.1. The van der Waals surface area contributed by atoms with Gasteiger partial charge in [-0.15, -0.1) is 0 Å². The molecule has 0 spiro atoms. The molecule has 0 aliphatic rings. The Labute approximate surface area is 202 Å². The molecular formula is C27H38N4O3. The first-order chi connectivity index (χ1) is 16.5. The van der Waals surface area contributed by atoms with Gasteiger partial charge < -0.3 is 19.2 Å². The number of nitrogens with one attached hydrogen (secondary N) is 1. The zero-order valence-electron chi connectivity index (χ0n) is 20.9. The second-order valence-electron chi connectivity index (χ2n) is 8.96. The molecule has 0 radical (unpaired) electrons. The van der Waals surface area contributed by atoms with E-state index in [4.69, 9.17) is 9.40 Å². The van der Waals surface area contributed by atoms with E-state index in [0.717, 1.165) is 55.4 Å². The molecule has 0 aliphatic heterocycles. The normalized spacial score (nSPS) is 13.1. The van der Waals surface area contributed by atoms with Crippen LogP contribution in [0.3, 0.4) is 0 Å². The molecule has 34 heavy (non-hydrogen) atoms. The fourth-order valence-corrected chi connectivity index (χ4v) is 4.31. The highest BCUT2D eigenvalue weighted by atomic mass is 16.3. The van der Waals surface area contributed by atoms with Crippen molar-refractivity contribution in [2.45, 2.75) is 84.8 Å². The number of hydrogen-bond donors (Lipinski definition) is 1. The van der Waals surface area contributed by atoms with E-state index in [2.05, 4.69) is 37.6 Å². The van der Waals surface area contributed by atoms with Crippen LogP contribution in [0, 0.1) is 0 Å². The van der Waals surface area contributed by atoms with E-state index in [1.54, 1.807) is 12.1 Å². The molecule has 2 amide bonds. The number of imidazole rings is 1. The van der Waals surface area contributed by atoms with Crippen LogP contribution < -0.4 is 5.32 Å². The fraction of sp³-hybridized carbons (Fsp3) is 0.519. The Kier molecular flexibility index (Phi) is 9.31. The van der Waals surface area contributed by atoms with E-state index >= 15 is 0 Å². The zero-order valence-corrected chi connectivity index (χ0v) is 20.9. The maximum atomic E-state index is 13.4. The molecule has 2 aromatic heterocycles. The van der Waals surface area contributed by atoms with Gasteiger partial charge in [-0.2, -0.15) is 0 Å². The van der Waals surface area contributed by atoms with E-state index in [0.29, 0.717) is 18.8 Å². The van der Waals surface area contributed by atoms with Crippen LogP contribution >= 0.6 is 0 Å². The molecule has 2 atom stereocenters. The van der Waals surface area contributed by atoms with Crippen LogP contribution in [-0.4, -0.2) is 44.9 Å². The van der Waals surface area contributed by atoms with Gasteiger partial charge >= 0.3 is 0 Å². The summed E-state index contributed by atoms with van der Waals surface area (Å²) in [7, 11) is 0. The summed E-state index contributed by atoms with van der Waals surface area (Å²) in [6.07, 6.45) is 6.93. The average molecular weight is 467 g/mol. The molecule has 0 fully saturated rings. The molecule has 7 nitrogen and oxygen atoms in total. The number of nitrogens with zero attached hydrogens (tertiary/aromatic N) is 3. The van der Waals surface area contributed by atoms with Gasteiger partial charge in [-0.25, -0.2) is 4.98 Å². The van der Waals surface area contributed by atoms with Gasteiger partial charge in [0, 0.05) is 25.0 Å². The molecule has 3 aromatic rings. The molecule has 3 rings (SSSR count). The smallest absolute Gasteiger partial charge is 0.286 e. The number of fused-ring (bicyclic) bond motifs is 1. The molecule has 0 aliphatic carbocycles. The van der Waals surface area contributed by atoms with Crippen molar-refractivity contribution in [3.05, 3.63) is 54.2 Å². The van der Waals surface area contributed by atoms with Gasteiger partial charge in [-0.05, 0) is 63.8 Å². The summed E-state index contributed by atoms with van der Waals surface area (Å²) in [5.74, 6) is 1.25. The number of carbonyl (C=O) groups is 2. The van der Waals surface area contributed by atoms with Gasteiger partial charge in [0.25, 0.3) is 5.91 Å². The number of unbranched alkanes of at least 4 members (excludes halogenated alkanes) is 2. The van der Waals surface area contributed by atoms with Crippen molar-refractivity contribution in [1.82, 2.24) is 19.8 Å². The number of para-hydroxylation sites is 2. The van der Waals surface area contributed by atoms with Crippen molar-refractivity contribution in [3.8, 4) is 0 Å². The van der Waals surface area contributed by atoms with Crippen molar-refractivity contribution in [1.29, 1.82) is 0 Å². The average Bonchev–Trinajstić information content (AvgIpc) is 3.50. The summed E-state index contributed by atoms with van der Waals surface area (Å²) in [6, 6.07) is 11.8. The number of benzene rings is 1. The van der Waals surface area contributed by atoms with Crippen LogP contribution in [0.4, 0.5) is 0 Å². The topological polar surface area (TPSA) is 80.4 Å². The minimum Gasteiger partial charge on any atom is -0.459 e. The van der Waals surface area contributed by atoms with Crippen LogP contribution in [0.2, 0.25) is 0 Å². The van der Waals surface area contributed by atoms with E-state index in [9.17, 15) is 9.59 Å². The van der Waals surface area contributed by atoms with Gasteiger partial charge in [0.2, 0.25) is 5.91 Å². The van der Waals surface area contributed by atoms with Crippen molar-refractivity contribution in [3.63, 3.8) is 0 Å². The van der Waals surface area contributed by atoms with Crippen LogP contribution in [0.5, 0.6) is 0 Å². The van der Waals surface area contributed by atoms with Gasteiger partial charge in [-0.1, -0.05) is 32.4 Å². The number of rotatable bonds is 13. The first kappa shape index (κ1) is 25.5. The third-order valence-electron chi connectivity index (χ3n) is 6.55. The minimum atomic E-state index is -0.183. The Balaban J connectivity index is 1.62. The Morgan fingerprint density at radius 1 is 1.03 bits per heavy atom. The fourth-order valence-electron chi connectivity index (χ4n) is 4.31.